The first-order chi connectivity index (χ1) is 12.0. The van der Waals surface area contributed by atoms with Crippen molar-refractivity contribution in [1.82, 2.24) is 24.7 Å². The fourth-order valence-electron chi connectivity index (χ4n) is 2.24. The number of hydrogen-bond donors (Lipinski definition) is 0. The molecule has 0 radical (unpaired) electrons. The van der Waals surface area contributed by atoms with Crippen molar-refractivity contribution in [2.24, 2.45) is 0 Å². The van der Waals surface area contributed by atoms with Gasteiger partial charge in [-0.15, -0.1) is 10.2 Å². The fraction of sp³-hybridized carbons (Fsp3) is 0.250. The number of hydrogen-bond acceptors (Lipinski definition) is 6. The highest BCUT2D eigenvalue weighted by atomic mass is 35.5. The van der Waals surface area contributed by atoms with E-state index in [0.717, 1.165) is 5.56 Å². The van der Waals surface area contributed by atoms with E-state index >= 15 is 0 Å². The zero-order chi connectivity index (χ0) is 18.0. The van der Waals surface area contributed by atoms with Crippen LogP contribution in [0.25, 0.3) is 11.4 Å². The van der Waals surface area contributed by atoms with Crippen LogP contribution in [0, 0.1) is 0 Å². The van der Waals surface area contributed by atoms with E-state index in [4.69, 9.17) is 27.9 Å². The normalized spacial score (nSPS) is 11.1. The van der Waals surface area contributed by atoms with Gasteiger partial charge < -0.3 is 4.74 Å². The first-order valence-electron chi connectivity index (χ1n) is 7.44. The summed E-state index contributed by atoms with van der Waals surface area (Å²) in [6.07, 6.45) is 1.64. The van der Waals surface area contributed by atoms with E-state index < -0.39 is 0 Å². The second-order valence-electron chi connectivity index (χ2n) is 5.38. The smallest absolute Gasteiger partial charge is 0.217 e. The van der Waals surface area contributed by atoms with Crippen molar-refractivity contribution >= 4 is 35.0 Å². The Morgan fingerprint density at radius 1 is 1.16 bits per heavy atom. The highest BCUT2D eigenvalue weighted by Crippen LogP contribution is 2.34. The largest absolute Gasteiger partial charge is 0.481 e. The van der Waals surface area contributed by atoms with Gasteiger partial charge >= 0.3 is 0 Å². The SMILES string of the molecule is COc1ccnc(Sc2nnc(-c3ccc(Cl)cc3Cl)n2C(C)C)n1. The van der Waals surface area contributed by atoms with Gasteiger partial charge in [0.25, 0.3) is 0 Å². The maximum Gasteiger partial charge on any atom is 0.217 e. The lowest BCUT2D eigenvalue weighted by Gasteiger charge is -2.14. The Bertz CT molecular complexity index is 900. The van der Waals surface area contributed by atoms with Crippen LogP contribution in [0.15, 0.2) is 40.8 Å². The molecule has 0 N–H and O–H groups in total. The van der Waals surface area contributed by atoms with Gasteiger partial charge in [0.15, 0.2) is 16.1 Å². The average molecular weight is 396 g/mol. The minimum absolute atomic E-state index is 0.116. The van der Waals surface area contributed by atoms with Crippen LogP contribution in [-0.2, 0) is 0 Å². The van der Waals surface area contributed by atoms with Crippen LogP contribution in [-0.4, -0.2) is 31.8 Å². The van der Waals surface area contributed by atoms with Crippen molar-refractivity contribution < 1.29 is 4.74 Å². The molecule has 1 aromatic carbocycles. The number of methoxy groups -OCH3 is 1. The third kappa shape index (κ3) is 3.89. The van der Waals surface area contributed by atoms with Crippen LogP contribution < -0.4 is 4.74 Å². The Morgan fingerprint density at radius 2 is 1.96 bits per heavy atom. The molecule has 0 atom stereocenters. The second kappa shape index (κ2) is 7.59. The van der Waals surface area contributed by atoms with Crippen molar-refractivity contribution in [3.8, 4) is 17.3 Å². The number of benzene rings is 1. The number of aromatic nitrogens is 5. The third-order valence-corrected chi connectivity index (χ3v) is 4.74. The van der Waals surface area contributed by atoms with E-state index in [0.29, 0.717) is 32.1 Å². The van der Waals surface area contributed by atoms with Crippen LogP contribution in [0.3, 0.4) is 0 Å². The summed E-state index contributed by atoms with van der Waals surface area (Å²) in [5, 5.41) is 10.9. The molecule has 3 rings (SSSR count). The molecule has 2 aromatic heterocycles. The molecule has 0 aliphatic rings. The van der Waals surface area contributed by atoms with Crippen LogP contribution in [0.1, 0.15) is 19.9 Å². The Kier molecular flexibility index (Phi) is 5.46. The van der Waals surface area contributed by atoms with Gasteiger partial charge in [-0.25, -0.2) is 4.98 Å². The maximum absolute atomic E-state index is 6.34. The molecule has 0 amide bonds. The summed E-state index contributed by atoms with van der Waals surface area (Å²) in [6, 6.07) is 7.11. The summed E-state index contributed by atoms with van der Waals surface area (Å²) in [7, 11) is 1.56. The van der Waals surface area contributed by atoms with E-state index in [2.05, 4.69) is 20.2 Å². The van der Waals surface area contributed by atoms with Gasteiger partial charge in [0.1, 0.15) is 0 Å². The topological polar surface area (TPSA) is 65.7 Å². The molecule has 9 heteroatoms. The van der Waals surface area contributed by atoms with Crippen molar-refractivity contribution in [2.45, 2.75) is 30.2 Å². The molecule has 0 aliphatic carbocycles. The standard InChI is InChI=1S/C16H15Cl2N5OS/c1-9(2)23-14(11-5-4-10(17)8-12(11)18)21-22-16(23)25-15-19-7-6-13(20-15)24-3/h4-9H,1-3H3. The molecule has 0 spiro atoms. The molecule has 0 saturated carbocycles. The molecular weight excluding hydrogens is 381 g/mol. The Morgan fingerprint density at radius 3 is 2.64 bits per heavy atom. The van der Waals surface area contributed by atoms with Gasteiger partial charge in [-0.05, 0) is 43.8 Å². The Hall–Kier alpha value is -1.83. The first kappa shape index (κ1) is 18.0. The molecule has 3 aromatic rings. The van der Waals surface area contributed by atoms with Gasteiger partial charge in [0, 0.05) is 28.9 Å². The summed E-state index contributed by atoms with van der Waals surface area (Å²) >= 11 is 13.6. The van der Waals surface area contributed by atoms with Gasteiger partial charge in [-0.2, -0.15) is 4.98 Å². The van der Waals surface area contributed by atoms with E-state index in [1.165, 1.54) is 11.8 Å². The third-order valence-electron chi connectivity index (χ3n) is 3.35. The van der Waals surface area contributed by atoms with Gasteiger partial charge in [-0.3, -0.25) is 4.57 Å². The molecular formula is C16H15Cl2N5OS. The maximum atomic E-state index is 6.34. The zero-order valence-corrected chi connectivity index (χ0v) is 16.1. The van der Waals surface area contributed by atoms with E-state index in [-0.39, 0.29) is 6.04 Å². The number of ether oxygens (including phenoxy) is 1. The molecule has 0 fully saturated rings. The van der Waals surface area contributed by atoms with Crippen molar-refractivity contribution in [3.05, 3.63) is 40.5 Å². The lowest BCUT2D eigenvalue weighted by atomic mass is 10.2. The van der Waals surface area contributed by atoms with Crippen LogP contribution in [0.5, 0.6) is 5.88 Å². The van der Waals surface area contributed by atoms with Gasteiger partial charge in [0.05, 0.1) is 12.1 Å². The molecule has 0 aliphatic heterocycles. The van der Waals surface area contributed by atoms with Crippen LogP contribution >= 0.6 is 35.0 Å². The van der Waals surface area contributed by atoms with E-state index in [1.807, 2.05) is 24.5 Å². The minimum atomic E-state index is 0.116. The zero-order valence-electron chi connectivity index (χ0n) is 13.8. The highest BCUT2D eigenvalue weighted by Gasteiger charge is 2.20. The summed E-state index contributed by atoms with van der Waals surface area (Å²) in [6.45, 7) is 4.10. The summed E-state index contributed by atoms with van der Waals surface area (Å²) in [4.78, 5) is 8.54. The van der Waals surface area contributed by atoms with Crippen molar-refractivity contribution in [3.63, 3.8) is 0 Å². The van der Waals surface area contributed by atoms with E-state index in [9.17, 15) is 0 Å². The number of rotatable bonds is 5. The van der Waals surface area contributed by atoms with Crippen LogP contribution in [0.2, 0.25) is 10.0 Å². The summed E-state index contributed by atoms with van der Waals surface area (Å²) in [5.41, 5.74) is 0.769. The number of halogens is 2. The monoisotopic (exact) mass is 395 g/mol. The Labute approximate surface area is 159 Å². The van der Waals surface area contributed by atoms with E-state index in [1.54, 1.807) is 31.5 Å². The quantitative estimate of drug-likeness (QED) is 0.578. The molecule has 2 heterocycles. The summed E-state index contributed by atoms with van der Waals surface area (Å²) < 4.78 is 7.12. The summed E-state index contributed by atoms with van der Waals surface area (Å²) in [5.74, 6) is 1.16. The molecule has 130 valence electrons. The van der Waals surface area contributed by atoms with Gasteiger partial charge in [0.2, 0.25) is 5.88 Å². The molecule has 25 heavy (non-hydrogen) atoms. The lowest BCUT2D eigenvalue weighted by molar-refractivity contribution is 0.392. The minimum Gasteiger partial charge on any atom is -0.481 e. The molecule has 0 unspecified atom stereocenters. The van der Waals surface area contributed by atoms with Gasteiger partial charge in [-0.1, -0.05) is 23.2 Å². The predicted molar refractivity (Wildman–Crippen MR) is 98.6 cm³/mol. The van der Waals surface area contributed by atoms with Crippen molar-refractivity contribution in [1.29, 1.82) is 0 Å². The molecule has 0 bridgehead atoms. The molecule has 0 saturated heterocycles. The predicted octanol–water partition coefficient (Wildman–Crippen LogP) is 4.78. The highest BCUT2D eigenvalue weighted by molar-refractivity contribution is 7.99. The fourth-order valence-corrected chi connectivity index (χ4v) is 3.62. The second-order valence-corrected chi connectivity index (χ2v) is 7.16. The first-order valence-corrected chi connectivity index (χ1v) is 9.02. The van der Waals surface area contributed by atoms with Crippen LogP contribution in [0.4, 0.5) is 0 Å². The Balaban J connectivity index is 2.02. The average Bonchev–Trinajstić information content (AvgIpc) is 2.98. The van der Waals surface area contributed by atoms with Crippen molar-refractivity contribution in [2.75, 3.05) is 7.11 Å². The molecule has 6 nitrogen and oxygen atoms in total. The lowest BCUT2D eigenvalue weighted by Crippen LogP contribution is -2.05. The number of nitrogens with zero attached hydrogens (tertiary/aromatic N) is 5.